The van der Waals surface area contributed by atoms with Gasteiger partial charge < -0.3 is 19.6 Å². The first-order valence-electron chi connectivity index (χ1n) is 8.13. The summed E-state index contributed by atoms with van der Waals surface area (Å²) in [5.41, 5.74) is 0.813. The molecule has 27 heavy (non-hydrogen) atoms. The molecule has 1 amide bonds. The van der Waals surface area contributed by atoms with Crippen LogP contribution in [0.3, 0.4) is 0 Å². The molecule has 0 radical (unpaired) electrons. The van der Waals surface area contributed by atoms with Crippen LogP contribution >= 0.6 is 0 Å². The van der Waals surface area contributed by atoms with E-state index in [0.717, 1.165) is 5.56 Å². The first kappa shape index (κ1) is 18.0. The lowest BCUT2D eigenvalue weighted by atomic mass is 10.1. The zero-order chi connectivity index (χ0) is 19.2. The summed E-state index contributed by atoms with van der Waals surface area (Å²) >= 11 is 0. The maximum Gasteiger partial charge on any atom is 0.352 e. The van der Waals surface area contributed by atoms with Crippen molar-refractivity contribution in [2.75, 3.05) is 7.11 Å². The molecular weight excluding hydrogens is 346 g/mol. The molecule has 0 saturated carbocycles. The average molecular weight is 363 g/mol. The number of carbonyl (C=O) groups is 2. The molecular formula is C21H17NO5. The Labute approximate surface area is 155 Å². The maximum atomic E-state index is 12.2. The molecule has 3 rings (SSSR count). The van der Waals surface area contributed by atoms with Crippen molar-refractivity contribution >= 4 is 18.0 Å². The van der Waals surface area contributed by atoms with Crippen molar-refractivity contribution in [3.63, 3.8) is 0 Å². The van der Waals surface area contributed by atoms with E-state index < -0.39 is 11.9 Å². The molecule has 0 bridgehead atoms. The monoisotopic (exact) mass is 363 g/mol. The van der Waals surface area contributed by atoms with Crippen LogP contribution in [0.4, 0.5) is 0 Å². The van der Waals surface area contributed by atoms with Gasteiger partial charge in [-0.25, -0.2) is 4.79 Å². The Morgan fingerprint density at radius 1 is 1.00 bits per heavy atom. The summed E-state index contributed by atoms with van der Waals surface area (Å²) < 4.78 is 11.0. The Kier molecular flexibility index (Phi) is 5.37. The molecule has 0 aliphatic carbocycles. The number of rotatable bonds is 6. The van der Waals surface area contributed by atoms with Gasteiger partial charge in [-0.1, -0.05) is 30.3 Å². The molecule has 6 heteroatoms. The average Bonchev–Trinajstić information content (AvgIpc) is 3.16. The van der Waals surface area contributed by atoms with Gasteiger partial charge in [0.25, 0.3) is 5.91 Å². The van der Waals surface area contributed by atoms with Crippen LogP contribution in [0.2, 0.25) is 0 Å². The molecule has 1 heterocycles. The Morgan fingerprint density at radius 2 is 1.70 bits per heavy atom. The third-order valence-electron chi connectivity index (χ3n) is 3.80. The molecule has 0 atom stereocenters. The molecule has 0 saturated heterocycles. The summed E-state index contributed by atoms with van der Waals surface area (Å²) in [6.45, 7) is 0. The highest BCUT2D eigenvalue weighted by Gasteiger charge is 2.15. The molecule has 0 aliphatic heterocycles. The van der Waals surface area contributed by atoms with Gasteiger partial charge in [0.2, 0.25) is 0 Å². The fourth-order valence-electron chi connectivity index (χ4n) is 2.50. The fourth-order valence-corrected chi connectivity index (χ4v) is 2.50. The summed E-state index contributed by atoms with van der Waals surface area (Å²) in [6.07, 6.45) is 1.27. The van der Waals surface area contributed by atoms with E-state index in [4.69, 9.17) is 9.15 Å². The van der Waals surface area contributed by atoms with Crippen LogP contribution < -0.4 is 10.1 Å². The van der Waals surface area contributed by atoms with Crippen molar-refractivity contribution in [2.45, 2.75) is 0 Å². The second-order valence-corrected chi connectivity index (χ2v) is 5.59. The van der Waals surface area contributed by atoms with E-state index in [2.05, 4.69) is 5.32 Å². The second kappa shape index (κ2) is 8.05. The maximum absolute atomic E-state index is 12.2. The summed E-state index contributed by atoms with van der Waals surface area (Å²) in [7, 11) is 1.56. The number of methoxy groups -OCH3 is 1. The zero-order valence-corrected chi connectivity index (χ0v) is 14.5. The summed E-state index contributed by atoms with van der Waals surface area (Å²) in [4.78, 5) is 23.7. The first-order chi connectivity index (χ1) is 13.1. The van der Waals surface area contributed by atoms with E-state index in [1.54, 1.807) is 55.6 Å². The molecule has 2 N–H and O–H groups in total. The van der Waals surface area contributed by atoms with Crippen LogP contribution in [0.15, 0.2) is 76.8 Å². The topological polar surface area (TPSA) is 88.8 Å². The van der Waals surface area contributed by atoms with Crippen LogP contribution in [0, 0.1) is 0 Å². The number of hydrogen-bond acceptors (Lipinski definition) is 4. The summed E-state index contributed by atoms with van der Waals surface area (Å²) in [5, 5.41) is 11.8. The summed E-state index contributed by atoms with van der Waals surface area (Å²) in [6, 6.07) is 19.0. The third-order valence-corrected chi connectivity index (χ3v) is 3.80. The van der Waals surface area contributed by atoms with Crippen molar-refractivity contribution in [1.82, 2.24) is 5.32 Å². The summed E-state index contributed by atoms with van der Waals surface area (Å²) in [5.74, 6) is -0.326. The zero-order valence-electron chi connectivity index (χ0n) is 14.5. The number of aliphatic carboxylic acids is 1. The van der Waals surface area contributed by atoms with E-state index in [1.807, 2.05) is 18.2 Å². The standard InChI is InChI=1S/C21H17NO5/c1-26-18-10-6-5-9-16(18)19-12-11-15(27-19)13-17(21(24)25)22-20(23)14-7-3-2-4-8-14/h2-13H,1H3,(H,22,23)(H,24,25)/b17-13+. The minimum atomic E-state index is -1.27. The lowest BCUT2D eigenvalue weighted by Gasteiger charge is -2.06. The van der Waals surface area contributed by atoms with Gasteiger partial charge in [-0.2, -0.15) is 0 Å². The molecule has 1 aromatic heterocycles. The minimum Gasteiger partial charge on any atom is -0.496 e. The number of hydrogen-bond donors (Lipinski definition) is 2. The Morgan fingerprint density at radius 3 is 2.41 bits per heavy atom. The van der Waals surface area contributed by atoms with E-state index in [9.17, 15) is 14.7 Å². The van der Waals surface area contributed by atoms with Crippen LogP contribution in [0.25, 0.3) is 17.4 Å². The number of carboxylic acid groups (broad SMARTS) is 1. The van der Waals surface area contributed by atoms with Crippen LogP contribution in [-0.4, -0.2) is 24.1 Å². The Hall–Kier alpha value is -3.80. The van der Waals surface area contributed by atoms with Crippen LogP contribution in [0.5, 0.6) is 5.75 Å². The highest BCUT2D eigenvalue weighted by atomic mass is 16.5. The number of para-hydroxylation sites is 1. The predicted octanol–water partition coefficient (Wildman–Crippen LogP) is 3.81. The second-order valence-electron chi connectivity index (χ2n) is 5.59. The SMILES string of the molecule is COc1ccccc1-c1ccc(/C=C(/NC(=O)c2ccccc2)C(=O)O)o1. The van der Waals surface area contributed by atoms with Crippen molar-refractivity contribution in [2.24, 2.45) is 0 Å². The Balaban J connectivity index is 1.86. The molecule has 0 unspecified atom stereocenters. The van der Waals surface area contributed by atoms with E-state index in [-0.39, 0.29) is 5.70 Å². The van der Waals surface area contributed by atoms with E-state index in [0.29, 0.717) is 22.8 Å². The van der Waals surface area contributed by atoms with Crippen molar-refractivity contribution in [3.05, 3.63) is 83.8 Å². The van der Waals surface area contributed by atoms with Crippen molar-refractivity contribution in [1.29, 1.82) is 0 Å². The molecule has 136 valence electrons. The van der Waals surface area contributed by atoms with E-state index in [1.165, 1.54) is 6.08 Å². The van der Waals surface area contributed by atoms with Gasteiger partial charge in [0.15, 0.2) is 0 Å². The number of nitrogens with one attached hydrogen (secondary N) is 1. The van der Waals surface area contributed by atoms with Crippen LogP contribution in [0.1, 0.15) is 16.1 Å². The predicted molar refractivity (Wildman–Crippen MR) is 100 cm³/mol. The van der Waals surface area contributed by atoms with Gasteiger partial charge in [0.05, 0.1) is 12.7 Å². The normalized spacial score (nSPS) is 11.1. The van der Waals surface area contributed by atoms with Crippen molar-refractivity contribution in [3.8, 4) is 17.1 Å². The van der Waals surface area contributed by atoms with Crippen molar-refractivity contribution < 1.29 is 23.8 Å². The quantitative estimate of drug-likeness (QED) is 0.650. The smallest absolute Gasteiger partial charge is 0.352 e. The van der Waals surface area contributed by atoms with Gasteiger partial charge >= 0.3 is 5.97 Å². The largest absolute Gasteiger partial charge is 0.496 e. The molecule has 0 fully saturated rings. The highest BCUT2D eigenvalue weighted by Crippen LogP contribution is 2.31. The first-order valence-corrected chi connectivity index (χ1v) is 8.13. The molecule has 2 aromatic carbocycles. The number of carbonyl (C=O) groups excluding carboxylic acids is 1. The fraction of sp³-hybridized carbons (Fsp3) is 0.0476. The Bertz CT molecular complexity index is 989. The number of benzene rings is 2. The van der Waals surface area contributed by atoms with E-state index >= 15 is 0 Å². The number of amides is 1. The molecule has 3 aromatic rings. The highest BCUT2D eigenvalue weighted by molar-refractivity contribution is 6.02. The van der Waals surface area contributed by atoms with Crippen LogP contribution in [-0.2, 0) is 4.79 Å². The molecule has 0 spiro atoms. The minimum absolute atomic E-state index is 0.287. The number of furan rings is 1. The third kappa shape index (κ3) is 4.24. The molecule has 6 nitrogen and oxygen atoms in total. The van der Waals surface area contributed by atoms with Gasteiger partial charge in [-0.15, -0.1) is 0 Å². The van der Waals surface area contributed by atoms with Gasteiger partial charge in [0.1, 0.15) is 23.0 Å². The lowest BCUT2D eigenvalue weighted by molar-refractivity contribution is -0.132. The van der Waals surface area contributed by atoms with Gasteiger partial charge in [0, 0.05) is 11.6 Å². The number of ether oxygens (including phenoxy) is 1. The molecule has 0 aliphatic rings. The lowest BCUT2D eigenvalue weighted by Crippen LogP contribution is -2.27. The van der Waals surface area contributed by atoms with Gasteiger partial charge in [-0.3, -0.25) is 4.79 Å². The number of carboxylic acids is 1. The van der Waals surface area contributed by atoms with Gasteiger partial charge in [-0.05, 0) is 36.4 Å².